The van der Waals surface area contributed by atoms with Crippen molar-refractivity contribution in [3.8, 4) is 0 Å². The number of amides is 1. The highest BCUT2D eigenvalue weighted by Gasteiger charge is 2.43. The van der Waals surface area contributed by atoms with E-state index >= 15 is 0 Å². The van der Waals surface area contributed by atoms with Gasteiger partial charge < -0.3 is 10.1 Å². The van der Waals surface area contributed by atoms with Gasteiger partial charge in [-0.05, 0) is 50.4 Å². The molecule has 0 bridgehead atoms. The number of carbonyl (C=O) groups is 1. The highest BCUT2D eigenvalue weighted by atomic mass is 19.4. The Morgan fingerprint density at radius 2 is 2.07 bits per heavy atom. The zero-order chi connectivity index (χ0) is 19.5. The van der Waals surface area contributed by atoms with Crippen LogP contribution in [0.1, 0.15) is 43.7 Å². The number of halogens is 3. The predicted molar refractivity (Wildman–Crippen MR) is 96.5 cm³/mol. The molecule has 0 radical (unpaired) electrons. The van der Waals surface area contributed by atoms with Crippen LogP contribution in [0.25, 0.3) is 0 Å². The molecule has 2 aliphatic rings. The second kappa shape index (κ2) is 8.19. The molecule has 0 spiro atoms. The molecule has 1 aromatic rings. The summed E-state index contributed by atoms with van der Waals surface area (Å²) in [5.74, 6) is -0.187. The van der Waals surface area contributed by atoms with Gasteiger partial charge in [0.1, 0.15) is 0 Å². The Morgan fingerprint density at radius 1 is 1.33 bits per heavy atom. The molecule has 0 saturated carbocycles. The standard InChI is InChI=1S/C20H27F3N2O2/c1-2-25-10-4-7-17(25)14-24-18(26)19(8-11-27-12-9-19)15-5-3-6-16(13-15)20(21,22)23/h3,5-6,13,17H,2,4,7-12,14H2,1H3,(H,24,26)/t17-/m0/s1. The van der Waals surface area contributed by atoms with Gasteiger partial charge in [0.15, 0.2) is 0 Å². The fraction of sp³-hybridized carbons (Fsp3) is 0.650. The summed E-state index contributed by atoms with van der Waals surface area (Å²) in [6.45, 7) is 5.34. The van der Waals surface area contributed by atoms with Crippen LogP contribution in [-0.2, 0) is 21.1 Å². The third-order valence-electron chi connectivity index (χ3n) is 5.93. The van der Waals surface area contributed by atoms with Gasteiger partial charge in [-0.2, -0.15) is 13.2 Å². The Kier molecular flexibility index (Phi) is 6.11. The van der Waals surface area contributed by atoms with Crippen molar-refractivity contribution in [1.82, 2.24) is 10.2 Å². The summed E-state index contributed by atoms with van der Waals surface area (Å²) < 4.78 is 44.9. The number of likely N-dealkylation sites (tertiary alicyclic amines) is 1. The van der Waals surface area contributed by atoms with Crippen molar-refractivity contribution < 1.29 is 22.7 Å². The molecular weight excluding hydrogens is 357 g/mol. The van der Waals surface area contributed by atoms with Crippen LogP contribution < -0.4 is 5.32 Å². The molecule has 1 N–H and O–H groups in total. The molecule has 150 valence electrons. The molecule has 2 fully saturated rings. The summed E-state index contributed by atoms with van der Waals surface area (Å²) in [6, 6.07) is 5.49. The van der Waals surface area contributed by atoms with Crippen LogP contribution in [0.2, 0.25) is 0 Å². The van der Waals surface area contributed by atoms with Crippen molar-refractivity contribution in [2.24, 2.45) is 0 Å². The van der Waals surface area contributed by atoms with Crippen LogP contribution in [0.4, 0.5) is 13.2 Å². The Hall–Kier alpha value is -1.60. The number of nitrogens with one attached hydrogen (secondary N) is 1. The van der Waals surface area contributed by atoms with E-state index in [0.717, 1.165) is 38.1 Å². The van der Waals surface area contributed by atoms with Crippen molar-refractivity contribution in [1.29, 1.82) is 0 Å². The average molecular weight is 384 g/mol. The highest BCUT2D eigenvalue weighted by molar-refractivity contribution is 5.88. The summed E-state index contributed by atoms with van der Waals surface area (Å²) in [6.07, 6.45) is -1.50. The number of likely N-dealkylation sites (N-methyl/N-ethyl adjacent to an activating group) is 1. The van der Waals surface area contributed by atoms with E-state index in [1.165, 1.54) is 6.07 Å². The number of nitrogens with zero attached hydrogens (tertiary/aromatic N) is 1. The van der Waals surface area contributed by atoms with E-state index in [4.69, 9.17) is 4.74 Å². The average Bonchev–Trinajstić information content (AvgIpc) is 3.13. The molecule has 4 nitrogen and oxygen atoms in total. The van der Waals surface area contributed by atoms with E-state index < -0.39 is 17.2 Å². The lowest BCUT2D eigenvalue weighted by Gasteiger charge is -2.37. The first-order valence-corrected chi connectivity index (χ1v) is 9.64. The normalized spacial score (nSPS) is 23.3. The SMILES string of the molecule is CCN1CCC[C@H]1CNC(=O)C1(c2cccc(C(F)(F)F)c2)CCOCC1. The number of rotatable bonds is 5. The van der Waals surface area contributed by atoms with Gasteiger partial charge in [-0.15, -0.1) is 0 Å². The smallest absolute Gasteiger partial charge is 0.381 e. The van der Waals surface area contributed by atoms with Gasteiger partial charge in [0, 0.05) is 25.8 Å². The van der Waals surface area contributed by atoms with Crippen LogP contribution in [-0.4, -0.2) is 49.7 Å². The molecule has 2 saturated heterocycles. The first kappa shape index (κ1) is 20.1. The Bertz CT molecular complexity index is 657. The van der Waals surface area contributed by atoms with E-state index in [2.05, 4.69) is 17.1 Å². The van der Waals surface area contributed by atoms with Crippen LogP contribution in [0.15, 0.2) is 24.3 Å². The first-order chi connectivity index (χ1) is 12.9. The van der Waals surface area contributed by atoms with Crippen LogP contribution >= 0.6 is 0 Å². The van der Waals surface area contributed by atoms with Crippen molar-refractivity contribution in [3.05, 3.63) is 35.4 Å². The number of hydrogen-bond donors (Lipinski definition) is 1. The van der Waals surface area contributed by atoms with Gasteiger partial charge in [-0.1, -0.05) is 25.1 Å². The van der Waals surface area contributed by atoms with Crippen LogP contribution in [0.5, 0.6) is 0 Å². The second-order valence-corrected chi connectivity index (χ2v) is 7.41. The molecule has 0 aromatic heterocycles. The Labute approximate surface area is 158 Å². The number of alkyl halides is 3. The van der Waals surface area contributed by atoms with Crippen molar-refractivity contribution >= 4 is 5.91 Å². The number of benzene rings is 1. The van der Waals surface area contributed by atoms with Crippen molar-refractivity contribution in [3.63, 3.8) is 0 Å². The minimum atomic E-state index is -4.43. The summed E-state index contributed by atoms with van der Waals surface area (Å²) in [4.78, 5) is 15.5. The molecule has 1 atom stereocenters. The maximum atomic E-state index is 13.2. The van der Waals surface area contributed by atoms with E-state index in [1.54, 1.807) is 6.07 Å². The van der Waals surface area contributed by atoms with Gasteiger partial charge in [0.05, 0.1) is 11.0 Å². The van der Waals surface area contributed by atoms with E-state index in [9.17, 15) is 18.0 Å². The molecule has 27 heavy (non-hydrogen) atoms. The topological polar surface area (TPSA) is 41.6 Å². The number of carbonyl (C=O) groups excluding carboxylic acids is 1. The predicted octanol–water partition coefficient (Wildman–Crippen LogP) is 3.35. The molecule has 0 aliphatic carbocycles. The van der Waals surface area contributed by atoms with Gasteiger partial charge in [-0.3, -0.25) is 9.69 Å². The zero-order valence-corrected chi connectivity index (χ0v) is 15.6. The fourth-order valence-corrected chi connectivity index (χ4v) is 4.28. The fourth-order valence-electron chi connectivity index (χ4n) is 4.28. The Morgan fingerprint density at radius 3 is 2.74 bits per heavy atom. The van der Waals surface area contributed by atoms with E-state index in [0.29, 0.717) is 44.2 Å². The second-order valence-electron chi connectivity index (χ2n) is 7.41. The number of hydrogen-bond acceptors (Lipinski definition) is 3. The maximum absolute atomic E-state index is 13.2. The lowest BCUT2D eigenvalue weighted by atomic mass is 9.73. The lowest BCUT2D eigenvalue weighted by molar-refractivity contribution is -0.138. The molecule has 1 amide bonds. The molecule has 0 unspecified atom stereocenters. The van der Waals surface area contributed by atoms with Crippen molar-refractivity contribution in [2.45, 2.75) is 50.2 Å². The third-order valence-corrected chi connectivity index (χ3v) is 5.93. The lowest BCUT2D eigenvalue weighted by Crippen LogP contribution is -2.51. The molecule has 1 aromatic carbocycles. The minimum absolute atomic E-state index is 0.187. The monoisotopic (exact) mass is 384 g/mol. The molecule has 7 heteroatoms. The maximum Gasteiger partial charge on any atom is 0.416 e. The van der Waals surface area contributed by atoms with Crippen molar-refractivity contribution in [2.75, 3.05) is 32.8 Å². The Balaban J connectivity index is 1.81. The molecule has 2 heterocycles. The van der Waals surface area contributed by atoms with Gasteiger partial charge in [0.25, 0.3) is 0 Å². The van der Waals surface area contributed by atoms with Gasteiger partial charge in [0.2, 0.25) is 5.91 Å². The first-order valence-electron chi connectivity index (χ1n) is 9.64. The zero-order valence-electron chi connectivity index (χ0n) is 15.6. The quantitative estimate of drug-likeness (QED) is 0.847. The third kappa shape index (κ3) is 4.29. The van der Waals surface area contributed by atoms with Crippen LogP contribution in [0, 0.1) is 0 Å². The summed E-state index contributed by atoms with van der Waals surface area (Å²) >= 11 is 0. The van der Waals surface area contributed by atoms with Gasteiger partial charge in [-0.25, -0.2) is 0 Å². The largest absolute Gasteiger partial charge is 0.416 e. The molecule has 3 rings (SSSR count). The van der Waals surface area contributed by atoms with E-state index in [1.807, 2.05) is 0 Å². The highest BCUT2D eigenvalue weighted by Crippen LogP contribution is 2.38. The minimum Gasteiger partial charge on any atom is -0.381 e. The summed E-state index contributed by atoms with van der Waals surface area (Å²) in [5.41, 5.74) is -1.25. The van der Waals surface area contributed by atoms with E-state index in [-0.39, 0.29) is 5.91 Å². The number of ether oxygens (including phenoxy) is 1. The summed E-state index contributed by atoms with van der Waals surface area (Å²) in [7, 11) is 0. The summed E-state index contributed by atoms with van der Waals surface area (Å²) in [5, 5.41) is 3.04. The molecule has 2 aliphatic heterocycles. The van der Waals surface area contributed by atoms with Crippen LogP contribution in [0.3, 0.4) is 0 Å². The molecular formula is C20H27F3N2O2. The van der Waals surface area contributed by atoms with Gasteiger partial charge >= 0.3 is 6.18 Å².